The minimum atomic E-state index is -0.500. The predicted octanol–water partition coefficient (Wildman–Crippen LogP) is 2.26. The second-order valence-electron chi connectivity index (χ2n) is 2.32. The van der Waals surface area contributed by atoms with Gasteiger partial charge in [0.15, 0.2) is 0 Å². The molecule has 0 amide bonds. The highest BCUT2D eigenvalue weighted by Gasteiger charge is 2.03. The molecule has 0 fully saturated rings. The van der Waals surface area contributed by atoms with Crippen molar-refractivity contribution in [1.82, 2.24) is 0 Å². The van der Waals surface area contributed by atoms with Crippen molar-refractivity contribution in [3.05, 3.63) is 33.4 Å². The van der Waals surface area contributed by atoms with Crippen molar-refractivity contribution in [2.45, 2.75) is 6.04 Å². The van der Waals surface area contributed by atoms with Crippen LogP contribution in [0.4, 0.5) is 4.39 Å². The molecule has 0 aromatic heterocycles. The van der Waals surface area contributed by atoms with E-state index in [0.29, 0.717) is 0 Å². The summed E-state index contributed by atoms with van der Waals surface area (Å²) in [4.78, 5) is 0. The van der Waals surface area contributed by atoms with Gasteiger partial charge in [-0.3, -0.25) is 0 Å². The first-order valence-electron chi connectivity index (χ1n) is 3.31. The molecule has 0 aliphatic heterocycles. The van der Waals surface area contributed by atoms with E-state index in [0.717, 1.165) is 9.13 Å². The summed E-state index contributed by atoms with van der Waals surface area (Å²) >= 11 is 2.18. The number of benzene rings is 1. The van der Waals surface area contributed by atoms with Crippen molar-refractivity contribution in [1.29, 1.82) is 0 Å². The molecule has 0 aliphatic carbocycles. The molecule has 1 aromatic carbocycles. The molecule has 0 saturated carbocycles. The van der Waals surface area contributed by atoms with E-state index in [1.54, 1.807) is 0 Å². The summed E-state index contributed by atoms with van der Waals surface area (Å²) in [5.41, 5.74) is 6.35. The van der Waals surface area contributed by atoms with Gasteiger partial charge in [-0.05, 0) is 40.3 Å². The Balaban J connectivity index is 2.86. The van der Waals surface area contributed by atoms with Crippen molar-refractivity contribution < 1.29 is 4.39 Å². The molecule has 0 aliphatic rings. The Morgan fingerprint density at radius 2 is 2.27 bits per heavy atom. The van der Waals surface area contributed by atoms with Crippen LogP contribution in [0.25, 0.3) is 0 Å². The monoisotopic (exact) mass is 265 g/mol. The molecule has 1 nitrogen and oxygen atoms in total. The maximum absolute atomic E-state index is 12.1. The van der Waals surface area contributed by atoms with Crippen molar-refractivity contribution in [3.63, 3.8) is 0 Å². The summed E-state index contributed by atoms with van der Waals surface area (Å²) in [5, 5.41) is 0. The van der Waals surface area contributed by atoms with Crippen LogP contribution in [0.15, 0.2) is 24.3 Å². The molecule has 0 bridgehead atoms. The number of nitrogens with two attached hydrogens (primary N) is 1. The van der Waals surface area contributed by atoms with Crippen LogP contribution in [0.2, 0.25) is 0 Å². The van der Waals surface area contributed by atoms with Gasteiger partial charge in [0.05, 0.1) is 6.04 Å². The highest BCUT2D eigenvalue weighted by atomic mass is 127. The zero-order valence-electron chi connectivity index (χ0n) is 5.93. The average Bonchev–Trinajstić information content (AvgIpc) is 2.03. The Kier molecular flexibility index (Phi) is 3.26. The lowest BCUT2D eigenvalue weighted by Gasteiger charge is -2.06. The SMILES string of the molecule is N[C@@H](CF)c1cccc(I)c1. The third kappa shape index (κ3) is 2.41. The molecule has 0 heterocycles. The highest BCUT2D eigenvalue weighted by molar-refractivity contribution is 14.1. The fourth-order valence-corrected chi connectivity index (χ4v) is 1.39. The molecule has 1 aromatic rings. The maximum atomic E-state index is 12.1. The lowest BCUT2D eigenvalue weighted by molar-refractivity contribution is 0.437. The molecule has 3 heteroatoms. The molecule has 2 N–H and O–H groups in total. The molecule has 0 unspecified atom stereocenters. The minimum absolute atomic E-state index is 0.468. The lowest BCUT2D eigenvalue weighted by atomic mass is 10.1. The second-order valence-corrected chi connectivity index (χ2v) is 3.56. The summed E-state index contributed by atoms with van der Waals surface area (Å²) in [6.45, 7) is -0.500. The molecular formula is C8H9FIN. The van der Waals surface area contributed by atoms with E-state index < -0.39 is 12.7 Å². The van der Waals surface area contributed by atoms with Crippen molar-refractivity contribution >= 4 is 22.6 Å². The van der Waals surface area contributed by atoms with Gasteiger partial charge in [0, 0.05) is 3.57 Å². The van der Waals surface area contributed by atoms with Crippen LogP contribution in [-0.4, -0.2) is 6.67 Å². The van der Waals surface area contributed by atoms with E-state index in [1.807, 2.05) is 24.3 Å². The Hall–Kier alpha value is -0.160. The molecule has 11 heavy (non-hydrogen) atoms. The fourth-order valence-electron chi connectivity index (χ4n) is 0.826. The minimum Gasteiger partial charge on any atom is -0.322 e. The van der Waals surface area contributed by atoms with Gasteiger partial charge in [0.2, 0.25) is 0 Å². The third-order valence-corrected chi connectivity index (χ3v) is 2.11. The standard InChI is InChI=1S/C8H9FIN/c9-5-8(11)6-2-1-3-7(10)4-6/h1-4,8H,5,11H2/t8-/m0/s1. The summed E-state index contributed by atoms with van der Waals surface area (Å²) in [5.74, 6) is 0. The normalized spacial score (nSPS) is 13.0. The first-order chi connectivity index (χ1) is 5.24. The van der Waals surface area contributed by atoms with E-state index in [-0.39, 0.29) is 0 Å². The molecule has 0 saturated heterocycles. The van der Waals surface area contributed by atoms with Crippen LogP contribution in [0, 0.1) is 3.57 Å². The van der Waals surface area contributed by atoms with E-state index in [2.05, 4.69) is 22.6 Å². The number of alkyl halides is 1. The number of rotatable bonds is 2. The third-order valence-electron chi connectivity index (χ3n) is 1.44. The van der Waals surface area contributed by atoms with Crippen LogP contribution in [0.5, 0.6) is 0 Å². The van der Waals surface area contributed by atoms with Gasteiger partial charge < -0.3 is 5.73 Å². The van der Waals surface area contributed by atoms with Crippen LogP contribution in [-0.2, 0) is 0 Å². The Labute approximate surface area is 78.9 Å². The van der Waals surface area contributed by atoms with Gasteiger partial charge in [0.1, 0.15) is 6.67 Å². The van der Waals surface area contributed by atoms with Gasteiger partial charge >= 0.3 is 0 Å². The zero-order valence-corrected chi connectivity index (χ0v) is 8.08. The number of hydrogen-bond donors (Lipinski definition) is 1. The predicted molar refractivity (Wildman–Crippen MR) is 52.1 cm³/mol. The molecule has 1 rings (SSSR count). The fraction of sp³-hybridized carbons (Fsp3) is 0.250. The molecule has 0 spiro atoms. The Bertz CT molecular complexity index is 239. The summed E-state index contributed by atoms with van der Waals surface area (Å²) in [6.07, 6.45) is 0. The van der Waals surface area contributed by atoms with Gasteiger partial charge in [0.25, 0.3) is 0 Å². The molecule has 0 radical (unpaired) electrons. The largest absolute Gasteiger partial charge is 0.322 e. The van der Waals surface area contributed by atoms with Crippen LogP contribution in [0.3, 0.4) is 0 Å². The quantitative estimate of drug-likeness (QED) is 0.815. The first-order valence-corrected chi connectivity index (χ1v) is 4.39. The van der Waals surface area contributed by atoms with E-state index in [4.69, 9.17) is 5.73 Å². The number of hydrogen-bond acceptors (Lipinski definition) is 1. The van der Waals surface area contributed by atoms with Gasteiger partial charge in [-0.2, -0.15) is 0 Å². The Morgan fingerprint density at radius 3 is 2.82 bits per heavy atom. The lowest BCUT2D eigenvalue weighted by Crippen LogP contribution is -2.11. The zero-order chi connectivity index (χ0) is 8.27. The second kappa shape index (κ2) is 4.01. The highest BCUT2D eigenvalue weighted by Crippen LogP contribution is 2.13. The van der Waals surface area contributed by atoms with Crippen molar-refractivity contribution in [2.24, 2.45) is 5.73 Å². The molecular weight excluding hydrogens is 256 g/mol. The number of halogens is 2. The average molecular weight is 265 g/mol. The van der Waals surface area contributed by atoms with Crippen LogP contribution in [0.1, 0.15) is 11.6 Å². The summed E-state index contributed by atoms with van der Waals surface area (Å²) in [6, 6.07) is 7.10. The first kappa shape index (κ1) is 8.93. The van der Waals surface area contributed by atoms with E-state index in [9.17, 15) is 4.39 Å². The molecule has 60 valence electrons. The topological polar surface area (TPSA) is 26.0 Å². The molecule has 1 atom stereocenters. The Morgan fingerprint density at radius 1 is 1.55 bits per heavy atom. The van der Waals surface area contributed by atoms with E-state index in [1.165, 1.54) is 0 Å². The van der Waals surface area contributed by atoms with Gasteiger partial charge in [-0.1, -0.05) is 12.1 Å². The summed E-state index contributed by atoms with van der Waals surface area (Å²) < 4.78 is 13.2. The van der Waals surface area contributed by atoms with Crippen LogP contribution < -0.4 is 5.73 Å². The van der Waals surface area contributed by atoms with E-state index >= 15 is 0 Å². The van der Waals surface area contributed by atoms with Crippen LogP contribution >= 0.6 is 22.6 Å². The van der Waals surface area contributed by atoms with Gasteiger partial charge in [-0.15, -0.1) is 0 Å². The smallest absolute Gasteiger partial charge is 0.109 e. The summed E-state index contributed by atoms with van der Waals surface area (Å²) in [7, 11) is 0. The maximum Gasteiger partial charge on any atom is 0.109 e. The van der Waals surface area contributed by atoms with Crippen molar-refractivity contribution in [2.75, 3.05) is 6.67 Å². The van der Waals surface area contributed by atoms with Crippen molar-refractivity contribution in [3.8, 4) is 0 Å². The van der Waals surface area contributed by atoms with Gasteiger partial charge in [-0.25, -0.2) is 4.39 Å².